The van der Waals surface area contributed by atoms with E-state index in [-0.39, 0.29) is 50.9 Å². The number of nitrogens with one attached hydrogen (secondary N) is 6. The number of aromatic amines is 3. The van der Waals surface area contributed by atoms with Gasteiger partial charge in [-0.05, 0) is 202 Å². The fourth-order valence-electron chi connectivity index (χ4n) is 11.2. The van der Waals surface area contributed by atoms with E-state index < -0.39 is 57.6 Å². The smallest absolute Gasteiger partial charge is 0.252 e. The molecule has 0 saturated heterocycles. The molecule has 0 saturated carbocycles. The number of hydrogen-bond donors (Lipinski definition) is 12. The summed E-state index contributed by atoms with van der Waals surface area (Å²) in [6, 6.07) is 37.3. The van der Waals surface area contributed by atoms with E-state index in [0.29, 0.717) is 107 Å². The molecule has 18 nitrogen and oxygen atoms in total. The first kappa shape index (κ1) is 67.2. The number of ketones is 3. The molecule has 3 heterocycles. The van der Waals surface area contributed by atoms with Crippen molar-refractivity contribution in [3.05, 3.63) is 194 Å². The lowest BCUT2D eigenvalue weighted by atomic mass is 9.83. The zero-order valence-corrected chi connectivity index (χ0v) is 52.1. The van der Waals surface area contributed by atoms with Crippen LogP contribution in [0.25, 0.3) is 32.7 Å². The second kappa shape index (κ2) is 29.7. The number of benzene rings is 6. The van der Waals surface area contributed by atoms with Crippen molar-refractivity contribution in [1.82, 2.24) is 15.0 Å². The average Bonchev–Trinajstić information content (AvgIpc) is 3.37. The molecule has 0 unspecified atom stereocenters. The predicted molar refractivity (Wildman–Crippen MR) is 359 cm³/mol. The molecular formula is C67H74Cl4N12O6. The van der Waals surface area contributed by atoms with Crippen LogP contribution < -0.4 is 50.4 Å². The summed E-state index contributed by atoms with van der Waals surface area (Å²) in [4.78, 5) is 95.1. The van der Waals surface area contributed by atoms with Crippen molar-refractivity contribution in [3.63, 3.8) is 0 Å². The standard InChI is InChI=1S/C67H73Cl3N12O6.ClH/c68-46-13-22-55-52(34-46)43(37-77-55)31-58(83)65(74,25-1-4-28-71)62(86)80-49-16-7-40(8-17-49)61(41-9-18-50(19-10-41)81-63(87)66(75,26-2-5-29-72)59(84)32-44-38-78-56-23-14-47(69)35-53(44)56)42-11-20-51(21-12-42)82-64(88)67(76,27-3-6-30-73)60(85)33-45-39-79-57-24-15-48(70)36-54(45)57;/h7-24,34-39,61,77-79H,1-6,25-33,71-76H2,(H,80,86)(H,81,87)(H,82,88);1H/t65-,66-,67-;/m0./s1. The summed E-state index contributed by atoms with van der Waals surface area (Å²) in [7, 11) is 0. The third kappa shape index (κ3) is 15.5. The molecule has 89 heavy (non-hydrogen) atoms. The fourth-order valence-corrected chi connectivity index (χ4v) is 11.8. The van der Waals surface area contributed by atoms with Gasteiger partial charge in [0.15, 0.2) is 34.0 Å². The van der Waals surface area contributed by atoms with Gasteiger partial charge in [0.05, 0.1) is 0 Å². The summed E-state index contributed by atoms with van der Waals surface area (Å²) in [5, 5.41) is 12.5. The molecule has 0 spiro atoms. The molecule has 0 aliphatic carbocycles. The maximum Gasteiger partial charge on any atom is 0.252 e. The minimum absolute atomic E-state index is 0. The van der Waals surface area contributed by atoms with Crippen LogP contribution in [0.1, 0.15) is 97.1 Å². The molecule has 9 aromatic rings. The van der Waals surface area contributed by atoms with Crippen molar-refractivity contribution in [2.75, 3.05) is 35.6 Å². The van der Waals surface area contributed by atoms with Crippen LogP contribution >= 0.6 is 47.2 Å². The molecule has 0 bridgehead atoms. The molecule has 0 aliphatic heterocycles. The highest BCUT2D eigenvalue weighted by atomic mass is 35.5. The Balaban J connectivity index is 0.0000102. The van der Waals surface area contributed by atoms with Crippen molar-refractivity contribution in [2.24, 2.45) is 34.4 Å². The Kier molecular flexibility index (Phi) is 22.5. The number of H-pyrrole nitrogens is 3. The molecule has 9 rings (SSSR count). The van der Waals surface area contributed by atoms with Gasteiger partial charge < -0.3 is 65.3 Å². The van der Waals surface area contributed by atoms with Gasteiger partial charge in [-0.25, -0.2) is 0 Å². The Hall–Kier alpha value is -7.72. The van der Waals surface area contributed by atoms with E-state index in [1.165, 1.54) is 0 Å². The summed E-state index contributed by atoms with van der Waals surface area (Å²) in [6.45, 7) is 1.06. The SMILES string of the molecule is Cl.NCCCC[C@](N)(C(=O)Cc1c[nH]c2ccc(Cl)cc12)C(=O)Nc1ccc(C(c2ccc(NC(=O)[C@](N)(CCCCN)C(=O)Cc3c[nH]c4ccc(Cl)cc34)cc2)c2ccc(NC(=O)[C@](N)(CCCCN)C(=O)Cc3c[nH]c4ccc(Cl)cc34)cc2)cc1. The van der Waals surface area contributed by atoms with Crippen molar-refractivity contribution in [1.29, 1.82) is 0 Å². The molecule has 466 valence electrons. The number of rotatable bonds is 30. The van der Waals surface area contributed by atoms with Gasteiger partial charge in [-0.1, -0.05) is 71.2 Å². The summed E-state index contributed by atoms with van der Waals surface area (Å²) in [5.41, 5.74) is 40.1. The second-order valence-electron chi connectivity index (χ2n) is 22.6. The monoisotopic (exact) mass is 1280 g/mol. The van der Waals surface area contributed by atoms with E-state index in [4.69, 9.17) is 69.2 Å². The van der Waals surface area contributed by atoms with Gasteiger partial charge in [-0.3, -0.25) is 28.8 Å². The highest BCUT2D eigenvalue weighted by molar-refractivity contribution is 6.32. The zero-order chi connectivity index (χ0) is 62.8. The minimum Gasteiger partial charge on any atom is -0.361 e. The van der Waals surface area contributed by atoms with Gasteiger partial charge in [-0.2, -0.15) is 0 Å². The number of unbranched alkanes of at least 4 members (excludes halogenated alkanes) is 3. The lowest BCUT2D eigenvalue weighted by Crippen LogP contribution is -2.58. The molecule has 18 N–H and O–H groups in total. The van der Waals surface area contributed by atoms with Gasteiger partial charge in [0, 0.05) is 109 Å². The summed E-state index contributed by atoms with van der Waals surface area (Å²) in [6.07, 6.45) is 7.90. The zero-order valence-electron chi connectivity index (χ0n) is 49.0. The summed E-state index contributed by atoms with van der Waals surface area (Å²) in [5.74, 6) is -3.97. The van der Waals surface area contributed by atoms with E-state index in [2.05, 4.69) is 30.9 Å². The van der Waals surface area contributed by atoms with Crippen LogP contribution in [-0.4, -0.2) is 86.3 Å². The highest BCUT2D eigenvalue weighted by Gasteiger charge is 2.44. The molecule has 0 fully saturated rings. The van der Waals surface area contributed by atoms with E-state index in [0.717, 1.165) is 49.4 Å². The molecular weight excluding hydrogens is 1210 g/mol. The van der Waals surface area contributed by atoms with Crippen LogP contribution in [0.3, 0.4) is 0 Å². The molecule has 0 radical (unpaired) electrons. The molecule has 22 heteroatoms. The lowest BCUT2D eigenvalue weighted by molar-refractivity contribution is -0.134. The van der Waals surface area contributed by atoms with Crippen LogP contribution in [-0.2, 0) is 48.0 Å². The number of anilines is 3. The van der Waals surface area contributed by atoms with Crippen LogP contribution in [0.15, 0.2) is 146 Å². The Morgan fingerprint density at radius 2 is 0.652 bits per heavy atom. The van der Waals surface area contributed by atoms with Gasteiger partial charge in [-0.15, -0.1) is 12.4 Å². The van der Waals surface area contributed by atoms with Gasteiger partial charge in [0.1, 0.15) is 0 Å². The van der Waals surface area contributed by atoms with E-state index in [1.54, 1.807) is 91.4 Å². The predicted octanol–water partition coefficient (Wildman–Crippen LogP) is 10.4. The fraction of sp³-hybridized carbons (Fsp3) is 0.284. The number of nitrogens with two attached hydrogens (primary N) is 6. The van der Waals surface area contributed by atoms with Crippen molar-refractivity contribution >= 4 is 132 Å². The molecule has 3 amide bonds. The van der Waals surface area contributed by atoms with E-state index in [1.807, 2.05) is 54.6 Å². The van der Waals surface area contributed by atoms with E-state index >= 15 is 0 Å². The Morgan fingerprint density at radius 3 is 0.899 bits per heavy atom. The Bertz CT molecular complexity index is 3590. The van der Waals surface area contributed by atoms with Crippen LogP contribution in [0.2, 0.25) is 15.1 Å². The highest BCUT2D eigenvalue weighted by Crippen LogP contribution is 2.36. The Morgan fingerprint density at radius 1 is 0.393 bits per heavy atom. The van der Waals surface area contributed by atoms with Crippen molar-refractivity contribution in [3.8, 4) is 0 Å². The van der Waals surface area contributed by atoms with Crippen molar-refractivity contribution < 1.29 is 28.8 Å². The number of carbonyl (C=O) groups excluding carboxylic acids is 6. The van der Waals surface area contributed by atoms with Gasteiger partial charge in [0.2, 0.25) is 0 Å². The van der Waals surface area contributed by atoms with Crippen LogP contribution in [0.5, 0.6) is 0 Å². The molecule has 0 aliphatic rings. The Labute approximate surface area is 536 Å². The van der Waals surface area contributed by atoms with Gasteiger partial charge >= 0.3 is 0 Å². The second-order valence-corrected chi connectivity index (χ2v) is 23.9. The molecule has 3 aromatic heterocycles. The number of carbonyl (C=O) groups is 6. The first-order valence-electron chi connectivity index (χ1n) is 29.3. The maximum atomic E-state index is 14.3. The summed E-state index contributed by atoms with van der Waals surface area (Å²) < 4.78 is 0. The maximum absolute atomic E-state index is 14.3. The molecule has 3 atom stereocenters. The average molecular weight is 1290 g/mol. The van der Waals surface area contributed by atoms with Crippen LogP contribution in [0.4, 0.5) is 17.1 Å². The largest absolute Gasteiger partial charge is 0.361 e. The first-order valence-corrected chi connectivity index (χ1v) is 30.5. The van der Waals surface area contributed by atoms with Gasteiger partial charge in [0.25, 0.3) is 17.7 Å². The summed E-state index contributed by atoms with van der Waals surface area (Å²) >= 11 is 19.0. The minimum atomic E-state index is -1.91. The quantitative estimate of drug-likeness (QED) is 0.0114. The van der Waals surface area contributed by atoms with Crippen LogP contribution in [0, 0.1) is 0 Å². The van der Waals surface area contributed by atoms with E-state index in [9.17, 15) is 28.8 Å². The number of amides is 3. The van der Waals surface area contributed by atoms with Crippen molar-refractivity contribution in [2.45, 2.75) is 99.6 Å². The number of aromatic nitrogens is 3. The number of Topliss-reactive ketones (excluding diaryl/α,β-unsaturated/α-hetero) is 3. The lowest BCUT2D eigenvalue weighted by Gasteiger charge is -2.28. The first-order chi connectivity index (χ1) is 42.3. The third-order valence-electron chi connectivity index (χ3n) is 16.5. The number of fused-ring (bicyclic) bond motifs is 3. The number of hydrogen-bond acceptors (Lipinski definition) is 12. The third-order valence-corrected chi connectivity index (χ3v) is 17.2. The number of halogens is 4. The topological polar surface area (TPSA) is 342 Å². The normalized spacial score (nSPS) is 13.6. The molecule has 6 aromatic carbocycles.